The molecule has 2 atom stereocenters. The molecule has 0 bridgehead atoms. The molecule has 0 radical (unpaired) electrons. The van der Waals surface area contributed by atoms with E-state index in [9.17, 15) is 0 Å². The van der Waals surface area contributed by atoms with Crippen molar-refractivity contribution < 1.29 is 0 Å². The number of rotatable bonds is 3. The van der Waals surface area contributed by atoms with E-state index in [4.69, 9.17) is 17.3 Å². The van der Waals surface area contributed by atoms with Gasteiger partial charge >= 0.3 is 0 Å². The molecule has 1 rings (SSSR count). The van der Waals surface area contributed by atoms with Crippen LogP contribution in [0.5, 0.6) is 0 Å². The Labute approximate surface area is 96.4 Å². The van der Waals surface area contributed by atoms with Gasteiger partial charge in [0.1, 0.15) is 0 Å². The number of nitrogens with two attached hydrogens (primary N) is 1. The average Bonchev–Trinajstić information content (AvgIpc) is 2.44. The molecular formula is C9H13BrClNS. The Balaban J connectivity index is 2.82. The van der Waals surface area contributed by atoms with E-state index >= 15 is 0 Å². The molecule has 1 aromatic rings. The van der Waals surface area contributed by atoms with Crippen molar-refractivity contribution in [1.82, 2.24) is 0 Å². The van der Waals surface area contributed by atoms with Crippen molar-refractivity contribution in [2.24, 2.45) is 11.7 Å². The molecular weight excluding hydrogens is 270 g/mol. The van der Waals surface area contributed by atoms with Crippen molar-refractivity contribution >= 4 is 38.9 Å². The third-order valence-corrected chi connectivity index (χ3v) is 4.83. The third-order valence-electron chi connectivity index (χ3n) is 2.25. The molecule has 2 unspecified atom stereocenters. The predicted molar refractivity (Wildman–Crippen MR) is 63.4 cm³/mol. The maximum absolute atomic E-state index is 6.06. The van der Waals surface area contributed by atoms with Crippen LogP contribution in [-0.2, 0) is 0 Å². The zero-order valence-electron chi connectivity index (χ0n) is 7.68. The van der Waals surface area contributed by atoms with E-state index in [2.05, 4.69) is 29.8 Å². The standard InChI is InChI=1S/C9H13BrClNS/c1-3-5(2)8(12)7-4-6(11)9(10)13-7/h4-5,8H,3,12H2,1-2H3. The highest BCUT2D eigenvalue weighted by Gasteiger charge is 2.16. The largest absolute Gasteiger partial charge is 0.323 e. The van der Waals surface area contributed by atoms with Crippen molar-refractivity contribution in [3.05, 3.63) is 19.8 Å². The smallest absolute Gasteiger partial charge is 0.0887 e. The Kier molecular flexibility index (Phi) is 4.23. The maximum atomic E-state index is 6.06. The Hall–Kier alpha value is 0.430. The van der Waals surface area contributed by atoms with Crippen LogP contribution >= 0.6 is 38.9 Å². The van der Waals surface area contributed by atoms with Gasteiger partial charge in [-0.1, -0.05) is 31.9 Å². The predicted octanol–water partition coefficient (Wildman–Crippen LogP) is 4.21. The van der Waals surface area contributed by atoms with Gasteiger partial charge in [0.15, 0.2) is 0 Å². The molecule has 0 saturated heterocycles. The molecule has 0 aliphatic rings. The molecule has 4 heteroatoms. The first-order chi connectivity index (χ1) is 6.06. The monoisotopic (exact) mass is 281 g/mol. The molecule has 1 nitrogen and oxygen atoms in total. The summed E-state index contributed by atoms with van der Waals surface area (Å²) in [5.41, 5.74) is 6.06. The second-order valence-electron chi connectivity index (χ2n) is 3.18. The summed E-state index contributed by atoms with van der Waals surface area (Å²) in [6.45, 7) is 4.31. The molecule has 0 aliphatic heterocycles. The summed E-state index contributed by atoms with van der Waals surface area (Å²) in [6.07, 6.45) is 1.09. The Morgan fingerprint density at radius 3 is 2.69 bits per heavy atom. The van der Waals surface area contributed by atoms with E-state index in [1.54, 1.807) is 11.3 Å². The summed E-state index contributed by atoms with van der Waals surface area (Å²) < 4.78 is 0.975. The van der Waals surface area contributed by atoms with Crippen molar-refractivity contribution in [2.45, 2.75) is 26.3 Å². The molecule has 0 fully saturated rings. The highest BCUT2D eigenvalue weighted by atomic mass is 79.9. The van der Waals surface area contributed by atoms with E-state index in [-0.39, 0.29) is 6.04 Å². The Morgan fingerprint density at radius 2 is 2.31 bits per heavy atom. The number of halogens is 2. The highest BCUT2D eigenvalue weighted by molar-refractivity contribution is 9.11. The minimum atomic E-state index is 0.110. The quantitative estimate of drug-likeness (QED) is 0.883. The molecule has 0 saturated carbocycles. The molecule has 1 aromatic heterocycles. The molecule has 2 N–H and O–H groups in total. The van der Waals surface area contributed by atoms with Gasteiger partial charge in [-0.05, 0) is 27.9 Å². The van der Waals surface area contributed by atoms with Gasteiger partial charge in [0.2, 0.25) is 0 Å². The van der Waals surface area contributed by atoms with Crippen molar-refractivity contribution in [3.8, 4) is 0 Å². The minimum Gasteiger partial charge on any atom is -0.323 e. The normalized spacial score (nSPS) is 15.8. The van der Waals surface area contributed by atoms with Crippen LogP contribution in [0, 0.1) is 5.92 Å². The van der Waals surface area contributed by atoms with Crippen LogP contribution in [0.1, 0.15) is 31.2 Å². The lowest BCUT2D eigenvalue weighted by Crippen LogP contribution is -2.17. The summed E-state index contributed by atoms with van der Waals surface area (Å²) in [4.78, 5) is 1.16. The maximum Gasteiger partial charge on any atom is 0.0887 e. The zero-order chi connectivity index (χ0) is 10.0. The molecule has 0 aromatic carbocycles. The summed E-state index contributed by atoms with van der Waals surface area (Å²) in [6, 6.07) is 2.06. The fourth-order valence-electron chi connectivity index (χ4n) is 1.06. The van der Waals surface area contributed by atoms with Crippen LogP contribution in [-0.4, -0.2) is 0 Å². The SMILES string of the molecule is CCC(C)C(N)c1cc(Cl)c(Br)s1. The van der Waals surface area contributed by atoms with E-state index in [1.807, 2.05) is 6.07 Å². The molecule has 74 valence electrons. The number of thiophene rings is 1. The molecule has 0 amide bonds. The minimum absolute atomic E-state index is 0.110. The fourth-order valence-corrected chi connectivity index (χ4v) is 2.94. The van der Waals surface area contributed by atoms with Gasteiger partial charge in [-0.15, -0.1) is 11.3 Å². The van der Waals surface area contributed by atoms with Gasteiger partial charge in [-0.25, -0.2) is 0 Å². The fraction of sp³-hybridized carbons (Fsp3) is 0.556. The van der Waals surface area contributed by atoms with Crippen molar-refractivity contribution in [2.75, 3.05) is 0 Å². The van der Waals surface area contributed by atoms with Crippen LogP contribution < -0.4 is 5.73 Å². The van der Waals surface area contributed by atoms with Gasteiger partial charge in [0.05, 0.1) is 8.81 Å². The molecule has 13 heavy (non-hydrogen) atoms. The van der Waals surface area contributed by atoms with E-state index in [0.717, 1.165) is 20.1 Å². The first-order valence-corrected chi connectivity index (χ1v) is 6.25. The van der Waals surface area contributed by atoms with Gasteiger partial charge in [-0.3, -0.25) is 0 Å². The summed E-state index contributed by atoms with van der Waals surface area (Å²) in [7, 11) is 0. The Morgan fingerprint density at radius 1 is 1.69 bits per heavy atom. The number of hydrogen-bond acceptors (Lipinski definition) is 2. The van der Waals surface area contributed by atoms with Gasteiger partial charge in [0.25, 0.3) is 0 Å². The van der Waals surface area contributed by atoms with Crippen molar-refractivity contribution in [1.29, 1.82) is 0 Å². The lowest BCUT2D eigenvalue weighted by molar-refractivity contribution is 0.462. The van der Waals surface area contributed by atoms with Crippen LogP contribution in [0.3, 0.4) is 0 Å². The molecule has 0 spiro atoms. The van der Waals surface area contributed by atoms with Gasteiger partial charge < -0.3 is 5.73 Å². The number of hydrogen-bond donors (Lipinski definition) is 1. The van der Waals surface area contributed by atoms with Crippen LogP contribution in [0.2, 0.25) is 5.02 Å². The van der Waals surface area contributed by atoms with E-state index in [0.29, 0.717) is 5.92 Å². The van der Waals surface area contributed by atoms with Crippen LogP contribution in [0.15, 0.2) is 9.85 Å². The van der Waals surface area contributed by atoms with Gasteiger partial charge in [-0.2, -0.15) is 0 Å². The summed E-state index contributed by atoms with van der Waals surface area (Å²) in [5.74, 6) is 0.501. The molecule has 0 aliphatic carbocycles. The average molecular weight is 283 g/mol. The Bertz CT molecular complexity index is 268. The summed E-state index contributed by atoms with van der Waals surface area (Å²) >= 11 is 10.9. The molecule has 1 heterocycles. The second-order valence-corrected chi connectivity index (χ2v) is 5.99. The van der Waals surface area contributed by atoms with Crippen molar-refractivity contribution in [3.63, 3.8) is 0 Å². The topological polar surface area (TPSA) is 26.0 Å². The first-order valence-electron chi connectivity index (χ1n) is 4.26. The van der Waals surface area contributed by atoms with Crippen LogP contribution in [0.4, 0.5) is 0 Å². The lowest BCUT2D eigenvalue weighted by Gasteiger charge is -2.16. The highest BCUT2D eigenvalue weighted by Crippen LogP contribution is 2.36. The third kappa shape index (κ3) is 2.69. The van der Waals surface area contributed by atoms with Gasteiger partial charge in [0, 0.05) is 10.9 Å². The van der Waals surface area contributed by atoms with E-state index < -0.39 is 0 Å². The lowest BCUT2D eigenvalue weighted by atomic mass is 9.99. The van der Waals surface area contributed by atoms with Crippen LogP contribution in [0.25, 0.3) is 0 Å². The van der Waals surface area contributed by atoms with E-state index in [1.165, 1.54) is 0 Å². The first kappa shape index (κ1) is 11.5. The zero-order valence-corrected chi connectivity index (χ0v) is 10.8. The second kappa shape index (κ2) is 4.78. The summed E-state index contributed by atoms with van der Waals surface area (Å²) in [5, 5.41) is 0.763.